The van der Waals surface area contributed by atoms with Crippen LogP contribution in [0.3, 0.4) is 0 Å². The zero-order chi connectivity index (χ0) is 18.7. The Kier molecular flexibility index (Phi) is 5.59. The molecule has 3 rings (SSSR count). The van der Waals surface area contributed by atoms with Crippen molar-refractivity contribution in [3.05, 3.63) is 59.2 Å². The van der Waals surface area contributed by atoms with Crippen molar-refractivity contribution < 1.29 is 9.53 Å². The van der Waals surface area contributed by atoms with E-state index in [0.29, 0.717) is 13.0 Å². The van der Waals surface area contributed by atoms with Crippen molar-refractivity contribution in [2.24, 2.45) is 5.73 Å². The Morgan fingerprint density at radius 2 is 1.85 bits per heavy atom. The molecule has 0 bridgehead atoms. The lowest BCUT2D eigenvalue weighted by molar-refractivity contribution is -0.125. The molecule has 1 amide bonds. The van der Waals surface area contributed by atoms with Crippen LogP contribution in [0.25, 0.3) is 0 Å². The van der Waals surface area contributed by atoms with Crippen LogP contribution >= 0.6 is 0 Å². The van der Waals surface area contributed by atoms with E-state index in [-0.39, 0.29) is 18.0 Å². The summed E-state index contributed by atoms with van der Waals surface area (Å²) in [6, 6.07) is 14.0. The summed E-state index contributed by atoms with van der Waals surface area (Å²) < 4.78 is 5.94. The molecule has 5 nitrogen and oxygen atoms in total. The van der Waals surface area contributed by atoms with Gasteiger partial charge in [-0.2, -0.15) is 0 Å². The molecule has 26 heavy (non-hydrogen) atoms. The molecule has 0 radical (unpaired) electrons. The largest absolute Gasteiger partial charge is 0.457 e. The highest BCUT2D eigenvalue weighted by molar-refractivity contribution is 5.81. The number of ether oxygens (including phenoxy) is 1. The molecule has 0 spiro atoms. The van der Waals surface area contributed by atoms with Gasteiger partial charge < -0.3 is 15.8 Å². The van der Waals surface area contributed by atoms with Crippen LogP contribution in [0.5, 0.6) is 11.5 Å². The molecule has 2 atom stereocenters. The van der Waals surface area contributed by atoms with E-state index in [2.05, 4.69) is 30.1 Å². The van der Waals surface area contributed by atoms with Gasteiger partial charge in [0.25, 0.3) is 0 Å². The third-order valence-electron chi connectivity index (χ3n) is 5.01. The molecule has 1 aliphatic rings. The standard InChI is InChI=1S/C21H27N3O2/c1-14-4-7-19(10-15(14)2)26-18-8-5-16(6-9-18)12-24-13-17(22)11-20(24)21(25)23-3/h4-10,17,20H,11-13,22H2,1-3H3,(H,23,25)/t17-,20+/m1/s1. The molecule has 2 aromatic rings. The SMILES string of the molecule is CNC(=O)[C@@H]1C[C@@H](N)CN1Cc1ccc(Oc2ccc(C)c(C)c2)cc1. The minimum absolute atomic E-state index is 0.0349. The maximum atomic E-state index is 12.0. The second-order valence-electron chi connectivity index (χ2n) is 7.05. The summed E-state index contributed by atoms with van der Waals surface area (Å²) in [4.78, 5) is 14.2. The number of nitrogens with one attached hydrogen (secondary N) is 1. The molecule has 0 aliphatic carbocycles. The van der Waals surface area contributed by atoms with Crippen molar-refractivity contribution in [1.29, 1.82) is 0 Å². The maximum Gasteiger partial charge on any atom is 0.237 e. The summed E-state index contributed by atoms with van der Waals surface area (Å²) in [6.45, 7) is 5.60. The molecule has 0 aromatic heterocycles. The smallest absolute Gasteiger partial charge is 0.237 e. The minimum Gasteiger partial charge on any atom is -0.457 e. The highest BCUT2D eigenvalue weighted by atomic mass is 16.5. The number of nitrogens with two attached hydrogens (primary N) is 1. The molecular formula is C21H27N3O2. The maximum absolute atomic E-state index is 12.0. The van der Waals surface area contributed by atoms with Crippen molar-refractivity contribution in [1.82, 2.24) is 10.2 Å². The monoisotopic (exact) mass is 353 g/mol. The molecule has 1 fully saturated rings. The van der Waals surface area contributed by atoms with E-state index in [1.165, 1.54) is 11.1 Å². The highest BCUT2D eigenvalue weighted by Gasteiger charge is 2.34. The van der Waals surface area contributed by atoms with Crippen molar-refractivity contribution in [2.75, 3.05) is 13.6 Å². The molecule has 0 unspecified atom stereocenters. The molecule has 138 valence electrons. The van der Waals surface area contributed by atoms with Crippen molar-refractivity contribution >= 4 is 5.91 Å². The Labute approximate surface area is 155 Å². The highest BCUT2D eigenvalue weighted by Crippen LogP contribution is 2.25. The summed E-state index contributed by atoms with van der Waals surface area (Å²) in [5.41, 5.74) is 9.66. The third kappa shape index (κ3) is 4.23. The number of likely N-dealkylation sites (N-methyl/N-ethyl adjacent to an activating group) is 1. The summed E-state index contributed by atoms with van der Waals surface area (Å²) in [6.07, 6.45) is 0.702. The third-order valence-corrected chi connectivity index (χ3v) is 5.01. The van der Waals surface area contributed by atoms with Gasteiger partial charge in [-0.15, -0.1) is 0 Å². The van der Waals surface area contributed by atoms with E-state index in [1.807, 2.05) is 36.4 Å². The Morgan fingerprint density at radius 1 is 1.15 bits per heavy atom. The van der Waals surface area contributed by atoms with Gasteiger partial charge in [0.2, 0.25) is 5.91 Å². The van der Waals surface area contributed by atoms with Gasteiger partial charge in [-0.1, -0.05) is 18.2 Å². The van der Waals surface area contributed by atoms with E-state index in [4.69, 9.17) is 10.5 Å². The number of nitrogens with zero attached hydrogens (tertiary/aromatic N) is 1. The fourth-order valence-electron chi connectivity index (χ4n) is 3.36. The Balaban J connectivity index is 1.65. The van der Waals surface area contributed by atoms with Crippen LogP contribution < -0.4 is 15.8 Å². The number of carbonyl (C=O) groups is 1. The van der Waals surface area contributed by atoms with Crippen LogP contribution in [0.4, 0.5) is 0 Å². The average molecular weight is 353 g/mol. The lowest BCUT2D eigenvalue weighted by Crippen LogP contribution is -2.41. The van der Waals surface area contributed by atoms with E-state index in [1.54, 1.807) is 7.05 Å². The average Bonchev–Trinajstić information content (AvgIpc) is 2.99. The van der Waals surface area contributed by atoms with Gasteiger partial charge in [0.15, 0.2) is 0 Å². The van der Waals surface area contributed by atoms with Gasteiger partial charge in [-0.05, 0) is 61.2 Å². The van der Waals surface area contributed by atoms with Gasteiger partial charge in [0.1, 0.15) is 11.5 Å². The van der Waals surface area contributed by atoms with Gasteiger partial charge >= 0.3 is 0 Å². The molecule has 5 heteroatoms. The number of amides is 1. The minimum atomic E-state index is -0.151. The van der Waals surface area contributed by atoms with Crippen LogP contribution in [0.15, 0.2) is 42.5 Å². The predicted octanol–water partition coefficient (Wildman–Crippen LogP) is 2.74. The van der Waals surface area contributed by atoms with E-state index in [0.717, 1.165) is 23.6 Å². The van der Waals surface area contributed by atoms with Crippen molar-refractivity contribution in [3.63, 3.8) is 0 Å². The topological polar surface area (TPSA) is 67.6 Å². The first-order valence-electron chi connectivity index (χ1n) is 9.01. The first-order chi connectivity index (χ1) is 12.5. The second-order valence-corrected chi connectivity index (χ2v) is 7.05. The Hall–Kier alpha value is -2.37. The summed E-state index contributed by atoms with van der Waals surface area (Å²) >= 11 is 0. The number of carbonyl (C=O) groups excluding carboxylic acids is 1. The zero-order valence-electron chi connectivity index (χ0n) is 15.7. The molecule has 1 aliphatic heterocycles. The Bertz CT molecular complexity index is 773. The van der Waals surface area contributed by atoms with Crippen LogP contribution in [-0.4, -0.2) is 36.5 Å². The van der Waals surface area contributed by atoms with Crippen molar-refractivity contribution in [3.8, 4) is 11.5 Å². The Morgan fingerprint density at radius 3 is 2.50 bits per heavy atom. The summed E-state index contributed by atoms with van der Waals surface area (Å²) in [5.74, 6) is 1.68. The number of benzene rings is 2. The molecule has 1 heterocycles. The molecular weight excluding hydrogens is 326 g/mol. The number of hydrogen-bond donors (Lipinski definition) is 2. The molecule has 1 saturated heterocycles. The second kappa shape index (κ2) is 7.89. The predicted molar refractivity (Wildman–Crippen MR) is 103 cm³/mol. The van der Waals surface area contributed by atoms with Gasteiger partial charge in [-0.3, -0.25) is 9.69 Å². The number of aryl methyl sites for hydroxylation is 2. The van der Waals surface area contributed by atoms with Crippen LogP contribution in [0.1, 0.15) is 23.1 Å². The quantitative estimate of drug-likeness (QED) is 0.867. The van der Waals surface area contributed by atoms with Gasteiger partial charge in [-0.25, -0.2) is 0 Å². The van der Waals surface area contributed by atoms with E-state index < -0.39 is 0 Å². The summed E-state index contributed by atoms with van der Waals surface area (Å²) in [5, 5.41) is 2.73. The first-order valence-corrected chi connectivity index (χ1v) is 9.01. The van der Waals surface area contributed by atoms with Crippen LogP contribution in [0.2, 0.25) is 0 Å². The molecule has 0 saturated carbocycles. The fraction of sp³-hybridized carbons (Fsp3) is 0.381. The lowest BCUT2D eigenvalue weighted by Gasteiger charge is -2.23. The van der Waals surface area contributed by atoms with Crippen LogP contribution in [-0.2, 0) is 11.3 Å². The van der Waals surface area contributed by atoms with Gasteiger partial charge in [0.05, 0.1) is 6.04 Å². The summed E-state index contributed by atoms with van der Waals surface area (Å²) in [7, 11) is 1.67. The normalized spacial score (nSPS) is 20.2. The molecule has 3 N–H and O–H groups in total. The van der Waals surface area contributed by atoms with Crippen LogP contribution in [0, 0.1) is 13.8 Å². The number of hydrogen-bond acceptors (Lipinski definition) is 4. The fourth-order valence-corrected chi connectivity index (χ4v) is 3.36. The van der Waals surface area contributed by atoms with Crippen molar-refractivity contribution in [2.45, 2.75) is 38.9 Å². The first kappa shape index (κ1) is 18.4. The zero-order valence-corrected chi connectivity index (χ0v) is 15.7. The van der Waals surface area contributed by atoms with E-state index >= 15 is 0 Å². The lowest BCUT2D eigenvalue weighted by atomic mass is 10.1. The molecule has 2 aromatic carbocycles. The van der Waals surface area contributed by atoms with Gasteiger partial charge in [0, 0.05) is 26.2 Å². The van der Waals surface area contributed by atoms with E-state index in [9.17, 15) is 4.79 Å². The number of likely N-dealkylation sites (tertiary alicyclic amines) is 1. The number of rotatable bonds is 5.